The number of unbranched alkanes of at least 4 members (excludes halogenated alkanes) is 1. The Balaban J connectivity index is 3.11. The minimum Gasteiger partial charge on any atom is -0.479 e. The molecule has 25 heavy (non-hydrogen) atoms. The van der Waals surface area contributed by atoms with E-state index in [2.05, 4.69) is 19.6 Å². The van der Waals surface area contributed by atoms with Gasteiger partial charge in [0.25, 0.3) is 0 Å². The van der Waals surface area contributed by atoms with Crippen molar-refractivity contribution in [2.24, 2.45) is 5.73 Å². The molecule has 1 heterocycles. The summed E-state index contributed by atoms with van der Waals surface area (Å²) in [7, 11) is 0. The van der Waals surface area contributed by atoms with E-state index in [1.807, 2.05) is 25.3 Å². The molecule has 2 atom stereocenters. The van der Waals surface area contributed by atoms with Crippen LogP contribution in [0.15, 0.2) is 18.7 Å². The van der Waals surface area contributed by atoms with Crippen molar-refractivity contribution in [3.8, 4) is 0 Å². The number of thiophene rings is 1. The summed E-state index contributed by atoms with van der Waals surface area (Å²) >= 11 is 3.11. The minimum atomic E-state index is -2.02. The zero-order valence-corrected chi connectivity index (χ0v) is 16.9. The number of carboxylic acids is 1. The van der Waals surface area contributed by atoms with Gasteiger partial charge in [0.1, 0.15) is 0 Å². The van der Waals surface area contributed by atoms with E-state index >= 15 is 0 Å². The third-order valence-corrected chi connectivity index (χ3v) is 5.95. The first-order valence-corrected chi connectivity index (χ1v) is 10.6. The number of thioether (sulfide) groups is 1. The van der Waals surface area contributed by atoms with Crippen molar-refractivity contribution in [3.63, 3.8) is 0 Å². The third-order valence-electron chi connectivity index (χ3n) is 4.10. The minimum absolute atomic E-state index is 0.0848. The Morgan fingerprint density at radius 3 is 2.76 bits per heavy atom. The Morgan fingerprint density at radius 1 is 1.56 bits per heavy atom. The standard InChI is InChI=1S/C19H29NO3S2/c1-5-7-9-14-10-15(16(25-14)8-6-2)13(3)11-19(23,18(21)22)17(20)12-24-4/h6,8,10,17,23H,3,5,7,9,11-12,20H2,1-2,4H3,(H,21,22)/b8-6-/t17-,19+/m0/s1. The van der Waals surface area contributed by atoms with Crippen molar-refractivity contribution >= 4 is 40.7 Å². The van der Waals surface area contributed by atoms with Crippen LogP contribution in [0.2, 0.25) is 0 Å². The van der Waals surface area contributed by atoms with E-state index in [1.54, 1.807) is 11.3 Å². The predicted molar refractivity (Wildman–Crippen MR) is 110 cm³/mol. The summed E-state index contributed by atoms with van der Waals surface area (Å²) < 4.78 is 0. The summed E-state index contributed by atoms with van der Waals surface area (Å²) in [5.41, 5.74) is 5.45. The van der Waals surface area contributed by atoms with Crippen molar-refractivity contribution in [2.45, 2.75) is 51.2 Å². The normalized spacial score (nSPS) is 15.2. The van der Waals surface area contributed by atoms with Crippen LogP contribution in [0.1, 0.15) is 48.4 Å². The van der Waals surface area contributed by atoms with Gasteiger partial charge in [-0.2, -0.15) is 11.8 Å². The lowest BCUT2D eigenvalue weighted by atomic mass is 9.86. The van der Waals surface area contributed by atoms with E-state index in [9.17, 15) is 15.0 Å². The molecule has 0 aliphatic heterocycles. The fourth-order valence-corrected chi connectivity index (χ4v) is 4.44. The second kappa shape index (κ2) is 10.2. The molecule has 0 radical (unpaired) electrons. The van der Waals surface area contributed by atoms with E-state index < -0.39 is 17.6 Å². The monoisotopic (exact) mass is 383 g/mol. The Morgan fingerprint density at radius 2 is 2.24 bits per heavy atom. The van der Waals surface area contributed by atoms with Crippen molar-refractivity contribution < 1.29 is 15.0 Å². The highest BCUT2D eigenvalue weighted by molar-refractivity contribution is 7.98. The van der Waals surface area contributed by atoms with Crippen LogP contribution in [0, 0.1) is 0 Å². The molecule has 0 aliphatic carbocycles. The lowest BCUT2D eigenvalue weighted by Crippen LogP contribution is -2.55. The highest BCUT2D eigenvalue weighted by Gasteiger charge is 2.42. The first-order chi connectivity index (χ1) is 11.8. The first-order valence-electron chi connectivity index (χ1n) is 8.43. The number of hydrogen-bond donors (Lipinski definition) is 3. The number of aliphatic hydroxyl groups is 1. The SMILES string of the molecule is C=C(C[C@](O)(C(=O)O)[C@@H](N)CSC)c1cc(CCCC)sc1/C=C\C. The summed E-state index contributed by atoms with van der Waals surface area (Å²) in [6.07, 6.45) is 8.93. The molecular formula is C19H29NO3S2. The van der Waals surface area contributed by atoms with Crippen LogP contribution >= 0.6 is 23.1 Å². The number of carbonyl (C=O) groups is 1. The molecular weight excluding hydrogens is 354 g/mol. The summed E-state index contributed by atoms with van der Waals surface area (Å²) in [6, 6.07) is 1.21. The van der Waals surface area contributed by atoms with Crippen LogP contribution in [-0.4, -0.2) is 39.8 Å². The van der Waals surface area contributed by atoms with Crippen LogP contribution in [0.3, 0.4) is 0 Å². The maximum atomic E-state index is 11.7. The van der Waals surface area contributed by atoms with Gasteiger partial charge < -0.3 is 15.9 Å². The highest BCUT2D eigenvalue weighted by atomic mass is 32.2. The molecule has 1 aromatic rings. The maximum absolute atomic E-state index is 11.7. The Kier molecular flexibility index (Phi) is 8.93. The van der Waals surface area contributed by atoms with Gasteiger partial charge in [-0.3, -0.25) is 0 Å². The van der Waals surface area contributed by atoms with Gasteiger partial charge in [-0.25, -0.2) is 4.79 Å². The van der Waals surface area contributed by atoms with Gasteiger partial charge in [0.05, 0.1) is 6.04 Å². The zero-order valence-electron chi connectivity index (χ0n) is 15.2. The fraction of sp³-hybridized carbons (Fsp3) is 0.526. The highest BCUT2D eigenvalue weighted by Crippen LogP contribution is 2.35. The molecule has 1 aromatic heterocycles. The molecule has 0 aliphatic rings. The Labute approximate surface area is 158 Å². The quantitative estimate of drug-likeness (QED) is 0.537. The summed E-state index contributed by atoms with van der Waals surface area (Å²) in [5.74, 6) is -0.937. The van der Waals surface area contributed by atoms with E-state index in [4.69, 9.17) is 5.73 Å². The number of allylic oxidation sites excluding steroid dienone is 1. The molecule has 0 aromatic carbocycles. The first kappa shape index (κ1) is 22.0. The van der Waals surface area contributed by atoms with Crippen LogP contribution in [-0.2, 0) is 11.2 Å². The molecule has 0 saturated carbocycles. The van der Waals surface area contributed by atoms with Gasteiger partial charge in [0.2, 0.25) is 0 Å². The van der Waals surface area contributed by atoms with Gasteiger partial charge in [-0.15, -0.1) is 11.3 Å². The van der Waals surface area contributed by atoms with Crippen LogP contribution in [0.5, 0.6) is 0 Å². The van der Waals surface area contributed by atoms with Crippen molar-refractivity contribution in [3.05, 3.63) is 34.0 Å². The Bertz CT molecular complexity index is 624. The van der Waals surface area contributed by atoms with Gasteiger partial charge >= 0.3 is 5.97 Å². The van der Waals surface area contributed by atoms with Gasteiger partial charge in [-0.1, -0.05) is 26.0 Å². The van der Waals surface area contributed by atoms with Crippen molar-refractivity contribution in [1.82, 2.24) is 0 Å². The zero-order chi connectivity index (χ0) is 19.0. The fourth-order valence-electron chi connectivity index (χ4n) is 2.59. The topological polar surface area (TPSA) is 83.5 Å². The molecule has 140 valence electrons. The van der Waals surface area contributed by atoms with Crippen LogP contribution in [0.4, 0.5) is 0 Å². The number of aliphatic carboxylic acids is 1. The second-order valence-corrected chi connectivity index (χ2v) is 8.24. The van der Waals surface area contributed by atoms with Crippen molar-refractivity contribution in [2.75, 3.05) is 12.0 Å². The lowest BCUT2D eigenvalue weighted by molar-refractivity contribution is -0.159. The molecule has 4 N–H and O–H groups in total. The summed E-state index contributed by atoms with van der Waals surface area (Å²) in [6.45, 7) is 8.16. The molecule has 0 unspecified atom stereocenters. The van der Waals surface area contributed by atoms with Gasteiger partial charge in [0, 0.05) is 21.9 Å². The van der Waals surface area contributed by atoms with E-state index in [1.165, 1.54) is 16.6 Å². The molecule has 0 fully saturated rings. The number of aryl methyl sites for hydroxylation is 1. The van der Waals surface area contributed by atoms with Crippen LogP contribution < -0.4 is 5.73 Å². The number of nitrogens with two attached hydrogens (primary N) is 1. The van der Waals surface area contributed by atoms with Gasteiger partial charge in [-0.05, 0) is 49.3 Å². The predicted octanol–water partition coefficient (Wildman–Crippen LogP) is 4.03. The summed E-state index contributed by atoms with van der Waals surface area (Å²) in [4.78, 5) is 14.0. The van der Waals surface area contributed by atoms with E-state index in [0.717, 1.165) is 29.7 Å². The number of carboxylic acid groups (broad SMARTS) is 1. The Hall–Kier alpha value is -1.08. The van der Waals surface area contributed by atoms with E-state index in [-0.39, 0.29) is 6.42 Å². The number of hydrogen-bond acceptors (Lipinski definition) is 5. The second-order valence-electron chi connectivity index (χ2n) is 6.17. The molecule has 0 amide bonds. The molecule has 6 heteroatoms. The maximum Gasteiger partial charge on any atom is 0.337 e. The largest absolute Gasteiger partial charge is 0.479 e. The van der Waals surface area contributed by atoms with E-state index in [0.29, 0.717) is 11.3 Å². The van der Waals surface area contributed by atoms with Gasteiger partial charge in [0.15, 0.2) is 5.60 Å². The average Bonchev–Trinajstić information content (AvgIpc) is 2.96. The molecule has 0 bridgehead atoms. The molecule has 0 spiro atoms. The molecule has 0 saturated heterocycles. The molecule has 1 rings (SSSR count). The van der Waals surface area contributed by atoms with Crippen LogP contribution in [0.25, 0.3) is 11.6 Å². The van der Waals surface area contributed by atoms with Crippen molar-refractivity contribution in [1.29, 1.82) is 0 Å². The lowest BCUT2D eigenvalue weighted by Gasteiger charge is -2.30. The molecule has 4 nitrogen and oxygen atoms in total. The summed E-state index contributed by atoms with van der Waals surface area (Å²) in [5, 5.41) is 20.2. The smallest absolute Gasteiger partial charge is 0.337 e. The average molecular weight is 384 g/mol. The third kappa shape index (κ3) is 5.71. The number of rotatable bonds is 11.